The van der Waals surface area contributed by atoms with Gasteiger partial charge in [0, 0.05) is 11.6 Å². The highest BCUT2D eigenvalue weighted by atomic mass is 19.4. The highest BCUT2D eigenvalue weighted by Gasteiger charge is 2.44. The summed E-state index contributed by atoms with van der Waals surface area (Å²) in [5, 5.41) is 0. The predicted molar refractivity (Wildman–Crippen MR) is 145 cm³/mol. The van der Waals surface area contributed by atoms with Crippen LogP contribution in [0.15, 0.2) is 42.5 Å². The van der Waals surface area contributed by atoms with Crippen molar-refractivity contribution in [1.29, 1.82) is 0 Å². The van der Waals surface area contributed by atoms with Crippen molar-refractivity contribution in [1.82, 2.24) is 4.90 Å². The number of rotatable bonds is 6. The average molecular weight is 610 g/mol. The van der Waals surface area contributed by atoms with Gasteiger partial charge in [-0.2, -0.15) is 26.3 Å². The van der Waals surface area contributed by atoms with Crippen molar-refractivity contribution < 1.29 is 45.0 Å². The van der Waals surface area contributed by atoms with E-state index in [0.717, 1.165) is 29.5 Å². The van der Waals surface area contributed by atoms with Gasteiger partial charge in [-0.15, -0.1) is 0 Å². The molecule has 0 radical (unpaired) electrons. The van der Waals surface area contributed by atoms with Gasteiger partial charge in [-0.1, -0.05) is 26.0 Å². The van der Waals surface area contributed by atoms with E-state index in [1.165, 1.54) is 25.0 Å². The summed E-state index contributed by atoms with van der Waals surface area (Å²) in [6.45, 7) is 5.23. The second kappa shape index (κ2) is 11.1. The molecule has 5 rings (SSSR count). The molecule has 1 amide bonds. The molecular formula is C32H30F7NO3. The van der Waals surface area contributed by atoms with Crippen LogP contribution in [0.1, 0.15) is 78.2 Å². The van der Waals surface area contributed by atoms with Crippen molar-refractivity contribution in [2.45, 2.75) is 77.0 Å². The van der Waals surface area contributed by atoms with Gasteiger partial charge in [-0.25, -0.2) is 9.18 Å². The molecule has 0 unspecified atom stereocenters. The molecule has 0 bridgehead atoms. The first-order valence-corrected chi connectivity index (χ1v) is 13.9. The first kappa shape index (κ1) is 30.7. The minimum absolute atomic E-state index is 0.0162. The van der Waals surface area contributed by atoms with Crippen molar-refractivity contribution in [2.24, 2.45) is 0 Å². The summed E-state index contributed by atoms with van der Waals surface area (Å²) in [6, 6.07) is 7.23. The molecule has 0 spiro atoms. The van der Waals surface area contributed by atoms with Crippen molar-refractivity contribution in [3.05, 3.63) is 87.2 Å². The fraction of sp³-hybridized carbons (Fsp3) is 0.406. The molecule has 2 atom stereocenters. The van der Waals surface area contributed by atoms with Crippen molar-refractivity contribution in [3.8, 4) is 16.9 Å². The number of hydrogen-bond acceptors (Lipinski definition) is 3. The number of aryl methyl sites for hydroxylation is 1. The highest BCUT2D eigenvalue weighted by molar-refractivity contribution is 5.78. The molecule has 0 saturated carbocycles. The first-order valence-electron chi connectivity index (χ1n) is 13.9. The van der Waals surface area contributed by atoms with Gasteiger partial charge in [-0.3, -0.25) is 4.90 Å². The van der Waals surface area contributed by atoms with Gasteiger partial charge in [0.2, 0.25) is 0 Å². The zero-order chi connectivity index (χ0) is 31.4. The van der Waals surface area contributed by atoms with Gasteiger partial charge in [0.25, 0.3) is 0 Å². The number of carbonyl (C=O) groups excluding carboxylic acids is 1. The van der Waals surface area contributed by atoms with Crippen LogP contribution in [0, 0.1) is 5.82 Å². The van der Waals surface area contributed by atoms with Crippen molar-refractivity contribution >= 4 is 6.09 Å². The molecule has 1 aliphatic heterocycles. The molecule has 4 nitrogen and oxygen atoms in total. The summed E-state index contributed by atoms with van der Waals surface area (Å²) >= 11 is 0. The minimum Gasteiger partial charge on any atom is -0.496 e. The number of halogens is 7. The third kappa shape index (κ3) is 5.78. The Morgan fingerprint density at radius 2 is 1.60 bits per heavy atom. The van der Waals surface area contributed by atoms with E-state index in [1.807, 2.05) is 26.0 Å². The maximum Gasteiger partial charge on any atom is 0.416 e. The molecule has 3 aromatic carbocycles. The zero-order valence-corrected chi connectivity index (χ0v) is 23.9. The summed E-state index contributed by atoms with van der Waals surface area (Å²) in [5.41, 5.74) is 1.25. The van der Waals surface area contributed by atoms with Crippen LogP contribution in [0.4, 0.5) is 35.5 Å². The monoisotopic (exact) mass is 609 g/mol. The Balaban J connectivity index is 1.58. The second-order valence-electron chi connectivity index (χ2n) is 11.3. The fourth-order valence-corrected chi connectivity index (χ4v) is 6.04. The number of ether oxygens (including phenoxy) is 2. The van der Waals surface area contributed by atoms with Crippen LogP contribution in [0.5, 0.6) is 5.75 Å². The summed E-state index contributed by atoms with van der Waals surface area (Å²) in [5.74, 6) is -0.261. The van der Waals surface area contributed by atoms with Gasteiger partial charge in [0.15, 0.2) is 0 Å². The van der Waals surface area contributed by atoms with Crippen LogP contribution < -0.4 is 4.74 Å². The molecule has 1 aliphatic carbocycles. The van der Waals surface area contributed by atoms with Gasteiger partial charge in [0.1, 0.15) is 17.7 Å². The van der Waals surface area contributed by atoms with E-state index in [0.29, 0.717) is 41.0 Å². The maximum atomic E-state index is 14.9. The Labute approximate surface area is 244 Å². The average Bonchev–Trinajstić information content (AvgIpc) is 3.52. The van der Waals surface area contributed by atoms with Gasteiger partial charge in [0.05, 0.1) is 30.8 Å². The molecule has 1 fully saturated rings. The standard InChI is InChI=1S/C32H30F7NO3/c1-16(2)24-13-25(28(42-4)14-27(24)33)23-9-8-18-6-5-7-22(18)26(23)15-40-17(3)29(43-30(40)41)19-10-20(31(34,35)36)12-21(11-19)32(37,38)39/h8-14,16-17,29H,5-7,15H2,1-4H3/t17-,29-/m0/s1. The van der Waals surface area contributed by atoms with Gasteiger partial charge < -0.3 is 9.47 Å². The number of alkyl halides is 6. The number of benzene rings is 3. The molecule has 1 saturated heterocycles. The third-order valence-electron chi connectivity index (χ3n) is 8.29. The number of fused-ring (bicyclic) bond motifs is 1. The van der Waals surface area contributed by atoms with Crippen LogP contribution in [0.25, 0.3) is 11.1 Å². The maximum absolute atomic E-state index is 14.9. The Hall–Kier alpha value is -3.76. The zero-order valence-electron chi connectivity index (χ0n) is 23.9. The molecule has 0 N–H and O–H groups in total. The Bertz CT molecular complexity index is 1530. The number of amides is 1. The van der Waals surface area contributed by atoms with Crippen LogP contribution in [0.3, 0.4) is 0 Å². The summed E-state index contributed by atoms with van der Waals surface area (Å²) in [6.07, 6.45) is -9.91. The molecule has 11 heteroatoms. The SMILES string of the molecule is COc1cc(F)c(C(C)C)cc1-c1ccc2c(c1CN1C(=O)O[C@H](c3cc(C(F)(F)F)cc(C(F)(F)F)c3)[C@@H]1C)CCC2. The number of carbonyl (C=O) groups is 1. The lowest BCUT2D eigenvalue weighted by Gasteiger charge is -2.25. The molecule has 1 heterocycles. The van der Waals surface area contributed by atoms with Gasteiger partial charge in [-0.05, 0) is 89.8 Å². The van der Waals surface area contributed by atoms with Crippen molar-refractivity contribution in [3.63, 3.8) is 0 Å². The molecule has 230 valence electrons. The lowest BCUT2D eigenvalue weighted by atomic mass is 9.89. The van der Waals surface area contributed by atoms with Gasteiger partial charge >= 0.3 is 18.4 Å². The number of cyclic esters (lactones) is 1. The van der Waals surface area contributed by atoms with E-state index in [-0.39, 0.29) is 18.5 Å². The van der Waals surface area contributed by atoms with E-state index < -0.39 is 53.1 Å². The summed E-state index contributed by atoms with van der Waals surface area (Å²) < 4.78 is 107. The van der Waals surface area contributed by atoms with E-state index in [9.17, 15) is 35.5 Å². The van der Waals surface area contributed by atoms with E-state index in [4.69, 9.17) is 9.47 Å². The van der Waals surface area contributed by atoms with Crippen molar-refractivity contribution in [2.75, 3.05) is 7.11 Å². The highest BCUT2D eigenvalue weighted by Crippen LogP contribution is 2.44. The van der Waals surface area contributed by atoms with E-state index in [2.05, 4.69) is 0 Å². The molecule has 2 aliphatic rings. The minimum atomic E-state index is -5.04. The number of hydrogen-bond donors (Lipinski definition) is 0. The van der Waals surface area contributed by atoms with Crippen LogP contribution >= 0.6 is 0 Å². The van der Waals surface area contributed by atoms with E-state index >= 15 is 0 Å². The molecule has 0 aromatic heterocycles. The van der Waals surface area contributed by atoms with E-state index in [1.54, 1.807) is 6.07 Å². The molecule has 43 heavy (non-hydrogen) atoms. The lowest BCUT2D eigenvalue weighted by molar-refractivity contribution is -0.143. The third-order valence-corrected chi connectivity index (χ3v) is 8.29. The quantitative estimate of drug-likeness (QED) is 0.262. The summed E-state index contributed by atoms with van der Waals surface area (Å²) in [7, 11) is 1.43. The number of nitrogens with zero attached hydrogens (tertiary/aromatic N) is 1. The van der Waals surface area contributed by atoms with Crippen LogP contribution in [-0.4, -0.2) is 24.1 Å². The lowest BCUT2D eigenvalue weighted by Crippen LogP contribution is -2.32. The normalized spacial score (nSPS) is 18.8. The molecule has 3 aromatic rings. The first-order chi connectivity index (χ1) is 20.1. The van der Waals surface area contributed by atoms with Crippen LogP contribution in [0.2, 0.25) is 0 Å². The largest absolute Gasteiger partial charge is 0.496 e. The second-order valence-corrected chi connectivity index (χ2v) is 11.3. The Morgan fingerprint density at radius 3 is 2.19 bits per heavy atom. The molecular weight excluding hydrogens is 579 g/mol. The van der Waals surface area contributed by atoms with Crippen LogP contribution in [-0.2, 0) is 36.5 Å². The predicted octanol–water partition coefficient (Wildman–Crippen LogP) is 9.23. The Morgan fingerprint density at radius 1 is 0.953 bits per heavy atom. The Kier molecular flexibility index (Phi) is 7.89. The smallest absolute Gasteiger partial charge is 0.416 e. The summed E-state index contributed by atoms with van der Waals surface area (Å²) in [4.78, 5) is 14.5. The number of methoxy groups -OCH3 is 1. The fourth-order valence-electron chi connectivity index (χ4n) is 6.04. The topological polar surface area (TPSA) is 38.8 Å².